The van der Waals surface area contributed by atoms with Gasteiger partial charge >= 0.3 is 0 Å². The van der Waals surface area contributed by atoms with Gasteiger partial charge in [-0.2, -0.15) is 0 Å². The molecule has 4 nitrogen and oxygen atoms in total. The zero-order chi connectivity index (χ0) is 19.3. The molecule has 2 aromatic rings. The molecule has 1 aromatic heterocycles. The molecule has 0 radical (unpaired) electrons. The van der Waals surface area contributed by atoms with Gasteiger partial charge in [0.25, 0.3) is 0 Å². The van der Waals surface area contributed by atoms with Gasteiger partial charge in [0.1, 0.15) is 0 Å². The Morgan fingerprint density at radius 2 is 1.81 bits per heavy atom. The van der Waals surface area contributed by atoms with Crippen molar-refractivity contribution >= 4 is 18.2 Å². The molecule has 0 aliphatic rings. The van der Waals surface area contributed by atoms with Crippen LogP contribution in [0.1, 0.15) is 59.1 Å². The first-order valence-corrected chi connectivity index (χ1v) is 9.37. The summed E-state index contributed by atoms with van der Waals surface area (Å²) in [6.07, 6.45) is 3.77. The van der Waals surface area contributed by atoms with Crippen LogP contribution in [0.5, 0.6) is 0 Å². The summed E-state index contributed by atoms with van der Waals surface area (Å²) >= 11 is 0. The molecule has 3 N–H and O–H groups in total. The lowest BCUT2D eigenvalue weighted by molar-refractivity contribution is 0.0972. The van der Waals surface area contributed by atoms with Crippen LogP contribution in [0.2, 0.25) is 0 Å². The van der Waals surface area contributed by atoms with E-state index in [2.05, 4.69) is 31.2 Å². The summed E-state index contributed by atoms with van der Waals surface area (Å²) in [7, 11) is 1.95. The highest BCUT2D eigenvalue weighted by molar-refractivity contribution is 5.95. The Hall–Kier alpha value is -1.62. The molecule has 0 saturated heterocycles. The van der Waals surface area contributed by atoms with E-state index >= 15 is 0 Å². The average molecular weight is 393 g/mol. The second-order valence-electron chi connectivity index (χ2n) is 7.79. The second kappa shape index (κ2) is 10.1. The van der Waals surface area contributed by atoms with Crippen LogP contribution in [-0.2, 0) is 19.9 Å². The van der Waals surface area contributed by atoms with Crippen molar-refractivity contribution in [2.24, 2.45) is 12.8 Å². The summed E-state index contributed by atoms with van der Waals surface area (Å²) in [5.41, 5.74) is 11.0. The molecule has 0 fully saturated rings. The largest absolute Gasteiger partial charge is 0.394 e. The van der Waals surface area contributed by atoms with E-state index in [0.29, 0.717) is 12.8 Å². The highest BCUT2D eigenvalue weighted by atomic mass is 35.5. The van der Waals surface area contributed by atoms with E-state index < -0.39 is 5.54 Å². The van der Waals surface area contributed by atoms with Crippen LogP contribution in [0.25, 0.3) is 0 Å². The average Bonchev–Trinajstić information content (AvgIpc) is 2.89. The van der Waals surface area contributed by atoms with E-state index in [1.807, 2.05) is 31.5 Å². The summed E-state index contributed by atoms with van der Waals surface area (Å²) in [4.78, 5) is 12.6. The molecule has 0 aliphatic carbocycles. The maximum absolute atomic E-state index is 12.6. The quantitative estimate of drug-likeness (QED) is 0.635. The van der Waals surface area contributed by atoms with Crippen LogP contribution in [0, 0.1) is 13.8 Å². The van der Waals surface area contributed by atoms with Crippen molar-refractivity contribution in [1.82, 2.24) is 4.57 Å². The maximum atomic E-state index is 12.6. The van der Waals surface area contributed by atoms with E-state index in [1.54, 1.807) is 0 Å². The second-order valence-corrected chi connectivity index (χ2v) is 7.79. The number of carbonyl (C=O) groups excluding carboxylic acids is 1. The zero-order valence-electron chi connectivity index (χ0n) is 16.9. The molecule has 1 atom stereocenters. The number of nitrogens with zero attached hydrogens (tertiary/aromatic N) is 1. The Morgan fingerprint density at radius 1 is 1.19 bits per heavy atom. The van der Waals surface area contributed by atoms with Gasteiger partial charge in [-0.25, -0.2) is 0 Å². The number of halogens is 1. The van der Waals surface area contributed by atoms with E-state index in [0.717, 1.165) is 36.2 Å². The lowest BCUT2D eigenvalue weighted by Crippen LogP contribution is -2.40. The molecular formula is C22H33ClN2O2. The van der Waals surface area contributed by atoms with Crippen molar-refractivity contribution < 1.29 is 9.90 Å². The molecule has 1 aromatic carbocycles. The number of rotatable bonds is 9. The van der Waals surface area contributed by atoms with Crippen molar-refractivity contribution in [3.05, 3.63) is 58.4 Å². The minimum Gasteiger partial charge on any atom is -0.394 e. The molecule has 0 aliphatic heterocycles. The Labute approximate surface area is 169 Å². The first kappa shape index (κ1) is 23.4. The fourth-order valence-corrected chi connectivity index (χ4v) is 3.25. The summed E-state index contributed by atoms with van der Waals surface area (Å²) in [6, 6.07) is 10.5. The highest BCUT2D eigenvalue weighted by Crippen LogP contribution is 2.20. The number of carbonyl (C=O) groups is 1. The lowest BCUT2D eigenvalue weighted by Gasteiger charge is -2.22. The SMILES string of the molecule is Cc1ccc(CCCC(=O)c2cc(C)c(CC[C@@](C)(N)CO)n2C)cc1.Cl. The summed E-state index contributed by atoms with van der Waals surface area (Å²) < 4.78 is 2.00. The van der Waals surface area contributed by atoms with E-state index in [-0.39, 0.29) is 24.8 Å². The van der Waals surface area contributed by atoms with Gasteiger partial charge in [0, 0.05) is 24.7 Å². The van der Waals surface area contributed by atoms with Crippen molar-refractivity contribution in [1.29, 1.82) is 0 Å². The van der Waals surface area contributed by atoms with E-state index in [4.69, 9.17) is 5.73 Å². The Balaban J connectivity index is 0.00000364. The van der Waals surface area contributed by atoms with Gasteiger partial charge in [-0.1, -0.05) is 29.8 Å². The smallest absolute Gasteiger partial charge is 0.179 e. The monoisotopic (exact) mass is 392 g/mol. The molecule has 27 heavy (non-hydrogen) atoms. The summed E-state index contributed by atoms with van der Waals surface area (Å²) in [5, 5.41) is 9.32. The number of Topliss-reactive ketones (excluding diaryl/α,β-unsaturated/α-hetero) is 1. The van der Waals surface area contributed by atoms with Crippen LogP contribution in [-0.4, -0.2) is 27.6 Å². The number of benzene rings is 1. The lowest BCUT2D eigenvalue weighted by atomic mass is 9.96. The molecule has 0 bridgehead atoms. The molecule has 0 amide bonds. The molecule has 1 heterocycles. The van der Waals surface area contributed by atoms with Gasteiger partial charge in [-0.15, -0.1) is 12.4 Å². The number of hydrogen-bond acceptors (Lipinski definition) is 3. The van der Waals surface area contributed by atoms with Crippen LogP contribution >= 0.6 is 12.4 Å². The predicted octanol–water partition coefficient (Wildman–Crippen LogP) is 3.91. The molecule has 5 heteroatoms. The molecule has 0 spiro atoms. The van der Waals surface area contributed by atoms with Crippen molar-refractivity contribution in [3.8, 4) is 0 Å². The van der Waals surface area contributed by atoms with Gasteiger partial charge < -0.3 is 15.4 Å². The number of aromatic nitrogens is 1. The van der Waals surface area contributed by atoms with Crippen molar-refractivity contribution in [2.75, 3.05) is 6.61 Å². The summed E-state index contributed by atoms with van der Waals surface area (Å²) in [6.45, 7) is 5.92. The van der Waals surface area contributed by atoms with Gasteiger partial charge in [-0.05, 0) is 63.6 Å². The third-order valence-electron chi connectivity index (χ3n) is 5.14. The molecule has 0 saturated carbocycles. The Bertz CT molecular complexity index is 748. The number of aliphatic hydroxyl groups is 1. The van der Waals surface area contributed by atoms with Crippen LogP contribution in [0.3, 0.4) is 0 Å². The zero-order valence-corrected chi connectivity index (χ0v) is 17.7. The Kier molecular flexibility index (Phi) is 8.73. The first-order chi connectivity index (χ1) is 12.2. The molecule has 150 valence electrons. The third kappa shape index (κ3) is 6.49. The van der Waals surface area contributed by atoms with Crippen LogP contribution in [0.15, 0.2) is 30.3 Å². The van der Waals surface area contributed by atoms with Crippen molar-refractivity contribution in [2.45, 2.75) is 58.4 Å². The standard InChI is InChI=1S/C22H32N2O2.ClH/c1-16-8-10-18(11-9-16)6-5-7-21(26)20-14-17(2)19(24(20)4)12-13-22(3,23)15-25;/h8-11,14,25H,5-7,12-13,15,23H2,1-4H3;1H/t22-;/m1./s1. The van der Waals surface area contributed by atoms with Gasteiger partial charge in [0.15, 0.2) is 5.78 Å². The van der Waals surface area contributed by atoms with E-state index in [1.165, 1.54) is 11.1 Å². The Morgan fingerprint density at radius 3 is 2.41 bits per heavy atom. The first-order valence-electron chi connectivity index (χ1n) is 9.37. The fourth-order valence-electron chi connectivity index (χ4n) is 3.25. The van der Waals surface area contributed by atoms with E-state index in [9.17, 15) is 9.90 Å². The van der Waals surface area contributed by atoms with Gasteiger partial charge in [0.2, 0.25) is 0 Å². The fraction of sp³-hybridized carbons (Fsp3) is 0.500. The molecule has 2 rings (SSSR count). The number of aliphatic hydroxyl groups excluding tert-OH is 1. The minimum absolute atomic E-state index is 0. The highest BCUT2D eigenvalue weighted by Gasteiger charge is 2.20. The van der Waals surface area contributed by atoms with Gasteiger partial charge in [0.05, 0.1) is 12.3 Å². The number of nitrogens with two attached hydrogens (primary N) is 1. The predicted molar refractivity (Wildman–Crippen MR) is 114 cm³/mol. The number of hydrogen-bond donors (Lipinski definition) is 2. The number of aryl methyl sites for hydroxylation is 3. The topological polar surface area (TPSA) is 68.2 Å². The molecular weight excluding hydrogens is 360 g/mol. The van der Waals surface area contributed by atoms with Crippen molar-refractivity contribution in [3.63, 3.8) is 0 Å². The summed E-state index contributed by atoms with van der Waals surface area (Å²) in [5.74, 6) is 0.187. The maximum Gasteiger partial charge on any atom is 0.179 e. The van der Waals surface area contributed by atoms with Crippen LogP contribution < -0.4 is 5.73 Å². The van der Waals surface area contributed by atoms with Crippen LogP contribution in [0.4, 0.5) is 0 Å². The molecule has 0 unspecified atom stereocenters. The van der Waals surface area contributed by atoms with Gasteiger partial charge in [-0.3, -0.25) is 4.79 Å². The third-order valence-corrected chi connectivity index (χ3v) is 5.14. The minimum atomic E-state index is -0.588. The normalized spacial score (nSPS) is 13.1. The number of ketones is 1.